The first-order chi connectivity index (χ1) is 15.6. The summed E-state index contributed by atoms with van der Waals surface area (Å²) in [5.41, 5.74) is 3.63. The average Bonchev–Trinajstić information content (AvgIpc) is 2.84. The van der Waals surface area contributed by atoms with Gasteiger partial charge >= 0.3 is 0 Å². The normalized spacial score (nSPS) is 11.0. The molecule has 2 heterocycles. The highest BCUT2D eigenvalue weighted by Crippen LogP contribution is 2.24. The molecule has 160 valence electrons. The lowest BCUT2D eigenvalue weighted by Gasteiger charge is -2.14. The standard InChI is InChI=1S/C24H20N4O4/c1-32-18-8-6-16(7-9-18)15-28-23(30)20-5-3-2-4-19(20)21(24(28)31)14-26-27-22(29)17-10-12-25-13-11-17/h2-14,31H,15H2,1H3,(H,27,29)/b26-14-. The SMILES string of the molecule is COc1ccc(Cn2c(O)c(/C=N\NC(=O)c3ccncc3)c3ccccc3c2=O)cc1. The fourth-order valence-electron chi connectivity index (χ4n) is 3.32. The second kappa shape index (κ2) is 9.13. The molecule has 0 aliphatic heterocycles. The number of methoxy groups -OCH3 is 1. The zero-order valence-electron chi connectivity index (χ0n) is 17.2. The van der Waals surface area contributed by atoms with Gasteiger partial charge in [0.1, 0.15) is 5.75 Å². The molecule has 0 bridgehead atoms. The van der Waals surface area contributed by atoms with E-state index in [1.165, 1.54) is 23.2 Å². The predicted octanol–water partition coefficient (Wildman–Crippen LogP) is 2.92. The molecule has 4 aromatic rings. The Morgan fingerprint density at radius 1 is 1.09 bits per heavy atom. The molecule has 0 atom stereocenters. The van der Waals surface area contributed by atoms with Crippen LogP contribution in [-0.2, 0) is 6.54 Å². The van der Waals surface area contributed by atoms with E-state index in [-0.39, 0.29) is 18.0 Å². The van der Waals surface area contributed by atoms with Crippen molar-refractivity contribution in [3.05, 3.63) is 100 Å². The summed E-state index contributed by atoms with van der Waals surface area (Å²) in [4.78, 5) is 29.1. The quantitative estimate of drug-likeness (QED) is 0.363. The van der Waals surface area contributed by atoms with Gasteiger partial charge in [0.15, 0.2) is 0 Å². The molecule has 0 saturated heterocycles. The molecule has 0 aliphatic rings. The van der Waals surface area contributed by atoms with Gasteiger partial charge in [-0.2, -0.15) is 5.10 Å². The van der Waals surface area contributed by atoms with E-state index in [0.29, 0.717) is 27.6 Å². The molecule has 0 aliphatic carbocycles. The maximum absolute atomic E-state index is 13.1. The number of rotatable bonds is 6. The number of hydrogen-bond acceptors (Lipinski definition) is 6. The highest BCUT2D eigenvalue weighted by molar-refractivity contribution is 6.02. The number of nitrogens with one attached hydrogen (secondary N) is 1. The van der Waals surface area contributed by atoms with E-state index in [1.807, 2.05) is 12.1 Å². The molecule has 0 radical (unpaired) electrons. The van der Waals surface area contributed by atoms with Crippen LogP contribution in [0.15, 0.2) is 83.0 Å². The van der Waals surface area contributed by atoms with Crippen LogP contribution in [0.4, 0.5) is 0 Å². The van der Waals surface area contributed by atoms with Crippen LogP contribution in [0.3, 0.4) is 0 Å². The molecule has 2 aromatic carbocycles. The Morgan fingerprint density at radius 2 is 1.78 bits per heavy atom. The Labute approximate surface area is 183 Å². The number of benzene rings is 2. The Balaban J connectivity index is 1.71. The van der Waals surface area contributed by atoms with Crippen molar-refractivity contribution < 1.29 is 14.6 Å². The zero-order valence-corrected chi connectivity index (χ0v) is 17.2. The Kier molecular flexibility index (Phi) is 5.94. The highest BCUT2D eigenvalue weighted by atomic mass is 16.5. The van der Waals surface area contributed by atoms with E-state index in [0.717, 1.165) is 5.56 Å². The summed E-state index contributed by atoms with van der Waals surface area (Å²) >= 11 is 0. The van der Waals surface area contributed by atoms with Gasteiger partial charge in [0, 0.05) is 28.7 Å². The fraction of sp³-hybridized carbons (Fsp3) is 0.0833. The minimum Gasteiger partial charge on any atom is -0.497 e. The highest BCUT2D eigenvalue weighted by Gasteiger charge is 2.15. The number of ether oxygens (including phenoxy) is 1. The lowest BCUT2D eigenvalue weighted by Crippen LogP contribution is -2.23. The number of pyridine rings is 2. The summed E-state index contributed by atoms with van der Waals surface area (Å²) in [7, 11) is 1.58. The minimum atomic E-state index is -0.418. The Morgan fingerprint density at radius 3 is 2.47 bits per heavy atom. The number of amides is 1. The van der Waals surface area contributed by atoms with Crippen molar-refractivity contribution in [1.29, 1.82) is 0 Å². The molecule has 32 heavy (non-hydrogen) atoms. The van der Waals surface area contributed by atoms with Crippen LogP contribution in [0.5, 0.6) is 11.6 Å². The molecule has 0 fully saturated rings. The van der Waals surface area contributed by atoms with Gasteiger partial charge in [-0.25, -0.2) is 5.43 Å². The van der Waals surface area contributed by atoms with E-state index >= 15 is 0 Å². The minimum absolute atomic E-state index is 0.156. The van der Waals surface area contributed by atoms with Gasteiger partial charge in [-0.1, -0.05) is 30.3 Å². The number of carbonyl (C=O) groups excluding carboxylic acids is 1. The van der Waals surface area contributed by atoms with Crippen LogP contribution in [0.1, 0.15) is 21.5 Å². The lowest BCUT2D eigenvalue weighted by atomic mass is 10.1. The van der Waals surface area contributed by atoms with Crippen LogP contribution in [0.25, 0.3) is 10.8 Å². The van der Waals surface area contributed by atoms with Crippen molar-refractivity contribution >= 4 is 22.9 Å². The topological polar surface area (TPSA) is 106 Å². The number of aromatic hydroxyl groups is 1. The van der Waals surface area contributed by atoms with Gasteiger partial charge in [-0.15, -0.1) is 0 Å². The first kappa shape index (κ1) is 20.8. The third-order valence-corrected chi connectivity index (χ3v) is 4.99. The van der Waals surface area contributed by atoms with E-state index in [9.17, 15) is 14.7 Å². The molecule has 1 amide bonds. The zero-order chi connectivity index (χ0) is 22.5. The number of hydrazone groups is 1. The molecule has 2 aromatic heterocycles. The average molecular weight is 428 g/mol. The Bertz CT molecular complexity index is 1350. The molecule has 0 spiro atoms. The molecular formula is C24H20N4O4. The van der Waals surface area contributed by atoms with Gasteiger partial charge in [-0.05, 0) is 35.9 Å². The number of hydrogen-bond donors (Lipinski definition) is 2. The molecule has 2 N–H and O–H groups in total. The van der Waals surface area contributed by atoms with Gasteiger partial charge in [0.05, 0.1) is 25.4 Å². The summed E-state index contributed by atoms with van der Waals surface area (Å²) in [5, 5.41) is 15.9. The summed E-state index contributed by atoms with van der Waals surface area (Å²) in [6, 6.07) is 17.3. The third-order valence-electron chi connectivity index (χ3n) is 4.99. The van der Waals surface area contributed by atoms with E-state index in [4.69, 9.17) is 4.74 Å². The third kappa shape index (κ3) is 4.20. The van der Waals surface area contributed by atoms with Crippen LogP contribution in [0.2, 0.25) is 0 Å². The monoisotopic (exact) mass is 428 g/mol. The largest absolute Gasteiger partial charge is 0.497 e. The number of fused-ring (bicyclic) bond motifs is 1. The van der Waals surface area contributed by atoms with Crippen molar-refractivity contribution in [3.8, 4) is 11.6 Å². The van der Waals surface area contributed by atoms with Gasteiger partial charge < -0.3 is 9.84 Å². The second-order valence-electron chi connectivity index (χ2n) is 6.96. The molecular weight excluding hydrogens is 408 g/mol. The molecule has 0 unspecified atom stereocenters. The second-order valence-corrected chi connectivity index (χ2v) is 6.96. The van der Waals surface area contributed by atoms with Crippen LogP contribution < -0.4 is 15.7 Å². The number of aromatic nitrogens is 2. The van der Waals surface area contributed by atoms with Crippen LogP contribution in [-0.4, -0.2) is 33.9 Å². The Hall–Kier alpha value is -4.46. The van der Waals surface area contributed by atoms with Crippen molar-refractivity contribution in [3.63, 3.8) is 0 Å². The molecule has 8 heteroatoms. The van der Waals surface area contributed by atoms with E-state index in [1.54, 1.807) is 55.6 Å². The molecule has 0 saturated carbocycles. The summed E-state index contributed by atoms with van der Waals surface area (Å²) in [5.74, 6) is 0.0343. The van der Waals surface area contributed by atoms with Crippen LogP contribution in [0, 0.1) is 0 Å². The molecule has 4 rings (SSSR count). The first-order valence-electron chi connectivity index (χ1n) is 9.79. The number of nitrogens with zero attached hydrogens (tertiary/aromatic N) is 3. The van der Waals surface area contributed by atoms with Gasteiger partial charge in [0.2, 0.25) is 5.88 Å². The van der Waals surface area contributed by atoms with Crippen molar-refractivity contribution in [2.24, 2.45) is 5.10 Å². The lowest BCUT2D eigenvalue weighted by molar-refractivity contribution is 0.0955. The predicted molar refractivity (Wildman–Crippen MR) is 121 cm³/mol. The number of carbonyl (C=O) groups is 1. The van der Waals surface area contributed by atoms with E-state index < -0.39 is 5.91 Å². The van der Waals surface area contributed by atoms with Crippen molar-refractivity contribution in [2.75, 3.05) is 7.11 Å². The van der Waals surface area contributed by atoms with Crippen LogP contribution >= 0.6 is 0 Å². The first-order valence-corrected chi connectivity index (χ1v) is 9.79. The van der Waals surface area contributed by atoms with E-state index in [2.05, 4.69) is 15.5 Å². The smallest absolute Gasteiger partial charge is 0.271 e. The molecule has 8 nitrogen and oxygen atoms in total. The summed E-state index contributed by atoms with van der Waals surface area (Å²) in [6.07, 6.45) is 4.35. The maximum atomic E-state index is 13.1. The summed E-state index contributed by atoms with van der Waals surface area (Å²) < 4.78 is 6.44. The van der Waals surface area contributed by atoms with Gasteiger partial charge in [-0.3, -0.25) is 19.1 Å². The van der Waals surface area contributed by atoms with Gasteiger partial charge in [0.25, 0.3) is 11.5 Å². The van der Waals surface area contributed by atoms with Crippen molar-refractivity contribution in [2.45, 2.75) is 6.54 Å². The fourth-order valence-corrected chi connectivity index (χ4v) is 3.32. The summed E-state index contributed by atoms with van der Waals surface area (Å²) in [6.45, 7) is 0.156. The maximum Gasteiger partial charge on any atom is 0.271 e. The van der Waals surface area contributed by atoms with Crippen molar-refractivity contribution in [1.82, 2.24) is 15.0 Å².